The van der Waals surface area contributed by atoms with Gasteiger partial charge in [-0.3, -0.25) is 0 Å². The lowest BCUT2D eigenvalue weighted by atomic mass is 9.88. The lowest BCUT2D eigenvalue weighted by molar-refractivity contribution is 0.719. The van der Waals surface area contributed by atoms with Crippen LogP contribution in [0.15, 0.2) is 29.2 Å². The first-order valence-electron chi connectivity index (χ1n) is 7.86. The summed E-state index contributed by atoms with van der Waals surface area (Å²) in [6.07, 6.45) is 6.25. The molecule has 1 heterocycles. The highest BCUT2D eigenvalue weighted by Gasteiger charge is 2.24. The third-order valence-corrected chi connectivity index (χ3v) is 5.67. The molecule has 1 saturated carbocycles. The first-order chi connectivity index (χ1) is 10.0. The molecule has 21 heavy (non-hydrogen) atoms. The smallest absolute Gasteiger partial charge is 0.0299 e. The number of allylic oxidation sites excluding steroid dienone is 1. The van der Waals surface area contributed by atoms with Crippen molar-refractivity contribution in [2.24, 2.45) is 0 Å². The fraction of sp³-hybridized carbons (Fsp3) is 0.400. The third kappa shape index (κ3) is 2.98. The molecule has 1 atom stereocenters. The second kappa shape index (κ2) is 5.81. The fourth-order valence-electron chi connectivity index (χ4n) is 3.81. The lowest BCUT2D eigenvalue weighted by Gasteiger charge is -2.17. The summed E-state index contributed by atoms with van der Waals surface area (Å²) >= 11 is 1.87. The predicted molar refractivity (Wildman–Crippen MR) is 94.3 cm³/mol. The molecular weight excluding hydrogens is 272 g/mol. The normalized spacial score (nSPS) is 20.4. The Morgan fingerprint density at radius 2 is 1.76 bits per heavy atom. The van der Waals surface area contributed by atoms with Crippen LogP contribution < -0.4 is 0 Å². The van der Waals surface area contributed by atoms with Gasteiger partial charge >= 0.3 is 0 Å². The molecule has 1 unspecified atom stereocenters. The largest absolute Gasteiger partial charge is 0.144 e. The Labute approximate surface area is 132 Å². The van der Waals surface area contributed by atoms with Gasteiger partial charge in [0.25, 0.3) is 0 Å². The zero-order valence-electron chi connectivity index (χ0n) is 13.5. The minimum Gasteiger partial charge on any atom is -0.144 e. The van der Waals surface area contributed by atoms with Gasteiger partial charge in [0.05, 0.1) is 0 Å². The molecule has 110 valence electrons. The van der Waals surface area contributed by atoms with Crippen molar-refractivity contribution >= 4 is 17.4 Å². The molecule has 0 aliphatic heterocycles. The second-order valence-corrected chi connectivity index (χ2v) is 7.47. The van der Waals surface area contributed by atoms with E-state index in [9.17, 15) is 0 Å². The van der Waals surface area contributed by atoms with Crippen LogP contribution in [-0.4, -0.2) is 0 Å². The van der Waals surface area contributed by atoms with Crippen LogP contribution in [0.5, 0.6) is 0 Å². The Kier molecular flexibility index (Phi) is 4.03. The van der Waals surface area contributed by atoms with Crippen LogP contribution in [0.2, 0.25) is 0 Å². The maximum atomic E-state index is 2.44. The second-order valence-electron chi connectivity index (χ2n) is 6.52. The molecule has 0 spiro atoms. The van der Waals surface area contributed by atoms with E-state index < -0.39 is 0 Å². The number of aryl methyl sites for hydroxylation is 4. The Balaban J connectivity index is 1.85. The van der Waals surface area contributed by atoms with Crippen LogP contribution in [0.1, 0.15) is 57.9 Å². The van der Waals surface area contributed by atoms with Gasteiger partial charge in [0.15, 0.2) is 0 Å². The zero-order chi connectivity index (χ0) is 15.0. The molecule has 1 aromatic heterocycles. The molecule has 1 aromatic carbocycles. The van der Waals surface area contributed by atoms with Crippen LogP contribution in [0.25, 0.3) is 6.08 Å². The highest BCUT2D eigenvalue weighted by Crippen LogP contribution is 2.41. The minimum absolute atomic E-state index is 0.720. The quantitative estimate of drug-likeness (QED) is 0.607. The standard InChI is InChI=1S/C20H24S/c1-13-9-15(3)20(16(4)10-13)18-6-5-17(11-18)12-19-14(2)7-8-21-19/h7-10,12,18H,5-6,11H2,1-4H3/b17-12+. The Morgan fingerprint density at radius 1 is 1.05 bits per heavy atom. The van der Waals surface area contributed by atoms with Gasteiger partial charge in [0, 0.05) is 4.88 Å². The first-order valence-corrected chi connectivity index (χ1v) is 8.74. The molecule has 1 fully saturated rings. The Bertz CT molecular complexity index is 665. The van der Waals surface area contributed by atoms with Gasteiger partial charge in [-0.1, -0.05) is 23.3 Å². The summed E-state index contributed by atoms with van der Waals surface area (Å²) in [6.45, 7) is 8.97. The summed E-state index contributed by atoms with van der Waals surface area (Å²) in [4.78, 5) is 1.45. The highest BCUT2D eigenvalue weighted by atomic mass is 32.1. The van der Waals surface area contributed by atoms with Crippen LogP contribution in [0, 0.1) is 27.7 Å². The van der Waals surface area contributed by atoms with Gasteiger partial charge in [-0.15, -0.1) is 11.3 Å². The SMILES string of the molecule is Cc1cc(C)c(C2CC/C(=C\c3sccc3C)C2)c(C)c1. The van der Waals surface area contributed by atoms with E-state index in [0.717, 1.165) is 5.92 Å². The van der Waals surface area contributed by atoms with E-state index in [1.165, 1.54) is 46.4 Å². The summed E-state index contributed by atoms with van der Waals surface area (Å²) in [6, 6.07) is 6.90. The van der Waals surface area contributed by atoms with E-state index in [-0.39, 0.29) is 0 Å². The first kappa shape index (κ1) is 14.6. The highest BCUT2D eigenvalue weighted by molar-refractivity contribution is 7.11. The van der Waals surface area contributed by atoms with E-state index >= 15 is 0 Å². The van der Waals surface area contributed by atoms with Crippen molar-refractivity contribution in [3.05, 3.63) is 61.8 Å². The third-order valence-electron chi connectivity index (χ3n) is 4.71. The van der Waals surface area contributed by atoms with Crippen molar-refractivity contribution in [2.75, 3.05) is 0 Å². The van der Waals surface area contributed by atoms with Crippen molar-refractivity contribution in [3.63, 3.8) is 0 Å². The van der Waals surface area contributed by atoms with Gasteiger partial charge in [-0.05, 0) is 92.7 Å². The number of hydrogen-bond acceptors (Lipinski definition) is 1. The van der Waals surface area contributed by atoms with Crippen molar-refractivity contribution in [1.29, 1.82) is 0 Å². The number of rotatable bonds is 2. The van der Waals surface area contributed by atoms with Crippen molar-refractivity contribution in [2.45, 2.75) is 52.9 Å². The molecule has 1 heteroatoms. The van der Waals surface area contributed by atoms with E-state index in [1.807, 2.05) is 11.3 Å². The molecule has 0 saturated heterocycles. The molecule has 0 N–H and O–H groups in total. The molecule has 1 aliphatic rings. The number of hydrogen-bond donors (Lipinski definition) is 0. The molecule has 0 radical (unpaired) electrons. The Hall–Kier alpha value is -1.34. The van der Waals surface area contributed by atoms with E-state index in [1.54, 1.807) is 11.1 Å². The van der Waals surface area contributed by atoms with Crippen LogP contribution >= 0.6 is 11.3 Å². The zero-order valence-corrected chi connectivity index (χ0v) is 14.3. The van der Waals surface area contributed by atoms with Gasteiger partial charge in [0.2, 0.25) is 0 Å². The lowest BCUT2D eigenvalue weighted by Crippen LogP contribution is -2.00. The Morgan fingerprint density at radius 3 is 2.38 bits per heavy atom. The molecule has 3 rings (SSSR count). The van der Waals surface area contributed by atoms with Crippen LogP contribution in [0.4, 0.5) is 0 Å². The van der Waals surface area contributed by atoms with Crippen molar-refractivity contribution in [3.8, 4) is 0 Å². The van der Waals surface area contributed by atoms with Crippen LogP contribution in [-0.2, 0) is 0 Å². The average molecular weight is 296 g/mol. The number of benzene rings is 1. The van der Waals surface area contributed by atoms with Crippen LogP contribution in [0.3, 0.4) is 0 Å². The van der Waals surface area contributed by atoms with Gasteiger partial charge in [0.1, 0.15) is 0 Å². The van der Waals surface area contributed by atoms with E-state index in [2.05, 4.69) is 57.4 Å². The summed E-state index contributed by atoms with van der Waals surface area (Å²) in [5.41, 5.74) is 8.99. The number of thiophene rings is 1. The molecule has 1 aliphatic carbocycles. The maximum absolute atomic E-state index is 2.44. The summed E-state index contributed by atoms with van der Waals surface area (Å²) in [7, 11) is 0. The van der Waals surface area contributed by atoms with Gasteiger partial charge in [-0.25, -0.2) is 0 Å². The summed E-state index contributed by atoms with van der Waals surface area (Å²) in [5, 5.41) is 2.20. The fourth-order valence-corrected chi connectivity index (χ4v) is 4.72. The average Bonchev–Trinajstić information content (AvgIpc) is 2.99. The minimum atomic E-state index is 0.720. The predicted octanol–water partition coefficient (Wildman–Crippen LogP) is 6.33. The maximum Gasteiger partial charge on any atom is 0.0299 e. The molecular formula is C20H24S. The topological polar surface area (TPSA) is 0 Å². The molecule has 0 nitrogen and oxygen atoms in total. The summed E-state index contributed by atoms with van der Waals surface area (Å²) < 4.78 is 0. The van der Waals surface area contributed by atoms with Gasteiger partial charge < -0.3 is 0 Å². The summed E-state index contributed by atoms with van der Waals surface area (Å²) in [5.74, 6) is 0.720. The molecule has 2 aromatic rings. The van der Waals surface area contributed by atoms with E-state index in [4.69, 9.17) is 0 Å². The monoisotopic (exact) mass is 296 g/mol. The van der Waals surface area contributed by atoms with E-state index in [0.29, 0.717) is 0 Å². The van der Waals surface area contributed by atoms with Crippen molar-refractivity contribution < 1.29 is 0 Å². The van der Waals surface area contributed by atoms with Gasteiger partial charge in [-0.2, -0.15) is 0 Å². The molecule has 0 bridgehead atoms. The molecule has 0 amide bonds. The van der Waals surface area contributed by atoms with Crippen molar-refractivity contribution in [1.82, 2.24) is 0 Å².